The minimum Gasteiger partial charge on any atom is -0.481 e. The number of nitrogens with two attached hydrogens (primary N) is 2. The summed E-state index contributed by atoms with van der Waals surface area (Å²) >= 11 is 0. The van der Waals surface area contributed by atoms with Crippen LogP contribution in [0.2, 0.25) is 0 Å². The average molecular weight is 265 g/mol. The predicted octanol–water partition coefficient (Wildman–Crippen LogP) is 0.648. The maximum absolute atomic E-state index is 12.2. The fourth-order valence-corrected chi connectivity index (χ4v) is 1.26. The van der Waals surface area contributed by atoms with Gasteiger partial charge in [0.2, 0.25) is 0 Å². The van der Waals surface area contributed by atoms with Crippen molar-refractivity contribution < 1.29 is 27.8 Å². The third-order valence-corrected chi connectivity index (χ3v) is 1.98. The number of anilines is 1. The lowest BCUT2D eigenvalue weighted by atomic mass is 10.1. The van der Waals surface area contributed by atoms with Gasteiger partial charge in [-0.05, 0) is 0 Å². The molecule has 1 rings (SSSR count). The molecule has 1 aromatic heterocycles. The van der Waals surface area contributed by atoms with Gasteiger partial charge < -0.3 is 21.3 Å². The Morgan fingerprint density at radius 2 is 2.11 bits per heavy atom. The topological polar surface area (TPSA) is 111 Å². The van der Waals surface area contributed by atoms with Gasteiger partial charge in [0, 0.05) is 18.3 Å². The van der Waals surface area contributed by atoms with E-state index in [0.717, 1.165) is 6.20 Å². The smallest absolute Gasteiger partial charge is 0.481 e. The molecule has 0 amide bonds. The molecule has 1 aromatic rings. The number of aliphatic carboxylic acids is 1. The molecular formula is C9H10F3N3O3. The van der Waals surface area contributed by atoms with Crippen LogP contribution >= 0.6 is 0 Å². The molecule has 5 N–H and O–H groups in total. The van der Waals surface area contributed by atoms with Crippen LogP contribution in [-0.2, 0) is 17.8 Å². The summed E-state index contributed by atoms with van der Waals surface area (Å²) < 4.78 is 40.2. The minimum absolute atomic E-state index is 0.0704. The van der Waals surface area contributed by atoms with Crippen LogP contribution in [0.25, 0.3) is 0 Å². The standard InChI is InChI=1S/C9H10F3N3O3/c10-9(11,12)18-8-5(2-13)15-3-4(7(8)14)1-6(16)17/h3H,1-2,13H2,(H2,14,15)(H,16,17). The Hall–Kier alpha value is -2.03. The van der Waals surface area contributed by atoms with Gasteiger partial charge in [-0.15, -0.1) is 13.2 Å². The molecule has 0 aliphatic rings. The second-order valence-electron chi connectivity index (χ2n) is 3.30. The number of hydrogen-bond acceptors (Lipinski definition) is 5. The van der Waals surface area contributed by atoms with E-state index in [1.54, 1.807) is 0 Å². The second-order valence-corrected chi connectivity index (χ2v) is 3.30. The monoisotopic (exact) mass is 265 g/mol. The lowest BCUT2D eigenvalue weighted by molar-refractivity contribution is -0.274. The molecule has 0 atom stereocenters. The lowest BCUT2D eigenvalue weighted by Gasteiger charge is -2.15. The van der Waals surface area contributed by atoms with Crippen molar-refractivity contribution >= 4 is 11.7 Å². The van der Waals surface area contributed by atoms with E-state index in [1.165, 1.54) is 0 Å². The lowest BCUT2D eigenvalue weighted by Crippen LogP contribution is -2.21. The maximum Gasteiger partial charge on any atom is 0.573 e. The van der Waals surface area contributed by atoms with Crippen molar-refractivity contribution in [2.45, 2.75) is 19.3 Å². The van der Waals surface area contributed by atoms with Gasteiger partial charge in [-0.3, -0.25) is 9.78 Å². The van der Waals surface area contributed by atoms with Crippen LogP contribution in [0.3, 0.4) is 0 Å². The first-order valence-corrected chi connectivity index (χ1v) is 4.68. The van der Waals surface area contributed by atoms with E-state index in [4.69, 9.17) is 16.6 Å². The van der Waals surface area contributed by atoms with Crippen molar-refractivity contribution in [2.75, 3.05) is 5.73 Å². The number of pyridine rings is 1. The Bertz CT molecular complexity index is 462. The molecule has 100 valence electrons. The van der Waals surface area contributed by atoms with Crippen molar-refractivity contribution in [2.24, 2.45) is 5.73 Å². The zero-order valence-electron chi connectivity index (χ0n) is 8.99. The molecule has 0 bridgehead atoms. The first-order chi connectivity index (χ1) is 8.24. The molecule has 6 nitrogen and oxygen atoms in total. The average Bonchev–Trinajstić information content (AvgIpc) is 2.22. The van der Waals surface area contributed by atoms with Gasteiger partial charge in [-0.25, -0.2) is 0 Å². The Morgan fingerprint density at radius 1 is 1.50 bits per heavy atom. The van der Waals surface area contributed by atoms with Crippen LogP contribution in [0.1, 0.15) is 11.3 Å². The first-order valence-electron chi connectivity index (χ1n) is 4.68. The first kappa shape index (κ1) is 14.0. The summed E-state index contributed by atoms with van der Waals surface area (Å²) in [6, 6.07) is 0. The van der Waals surface area contributed by atoms with E-state index in [1.807, 2.05) is 0 Å². The number of halogens is 3. The van der Waals surface area contributed by atoms with Gasteiger partial charge in [-0.2, -0.15) is 0 Å². The molecule has 0 radical (unpaired) electrons. The van der Waals surface area contributed by atoms with Crippen molar-refractivity contribution in [1.29, 1.82) is 0 Å². The zero-order chi connectivity index (χ0) is 13.9. The number of alkyl halides is 3. The predicted molar refractivity (Wildman–Crippen MR) is 54.6 cm³/mol. The van der Waals surface area contributed by atoms with Gasteiger partial charge >= 0.3 is 12.3 Å². The summed E-state index contributed by atoms with van der Waals surface area (Å²) in [5.41, 5.74) is 9.95. The zero-order valence-corrected chi connectivity index (χ0v) is 8.99. The van der Waals surface area contributed by atoms with Gasteiger partial charge in [-0.1, -0.05) is 0 Å². The van der Waals surface area contributed by atoms with E-state index in [-0.39, 0.29) is 17.8 Å². The second kappa shape index (κ2) is 5.08. The molecule has 0 aromatic carbocycles. The van der Waals surface area contributed by atoms with Crippen LogP contribution in [0.4, 0.5) is 18.9 Å². The number of carboxylic acid groups (broad SMARTS) is 1. The summed E-state index contributed by atoms with van der Waals surface area (Å²) in [4.78, 5) is 14.1. The highest BCUT2D eigenvalue weighted by atomic mass is 19.4. The molecule has 0 unspecified atom stereocenters. The molecule has 0 fully saturated rings. The Balaban J connectivity index is 3.22. The number of nitrogen functional groups attached to an aromatic ring is 1. The molecule has 0 aliphatic carbocycles. The van der Waals surface area contributed by atoms with Crippen molar-refractivity contribution in [1.82, 2.24) is 4.98 Å². The van der Waals surface area contributed by atoms with Gasteiger partial charge in [0.05, 0.1) is 17.8 Å². The number of hydrogen-bond donors (Lipinski definition) is 3. The Labute approximate surface area is 99.4 Å². The van der Waals surface area contributed by atoms with Gasteiger partial charge in [0.15, 0.2) is 5.75 Å². The summed E-state index contributed by atoms with van der Waals surface area (Å²) in [6.45, 7) is -0.317. The number of rotatable bonds is 4. The van der Waals surface area contributed by atoms with E-state index in [0.29, 0.717) is 0 Å². The Kier molecular flexibility index (Phi) is 3.96. The quantitative estimate of drug-likeness (QED) is 0.736. The molecule has 0 saturated carbocycles. The van der Waals surface area contributed by atoms with Crippen molar-refractivity contribution in [3.63, 3.8) is 0 Å². The highest BCUT2D eigenvalue weighted by Crippen LogP contribution is 2.33. The van der Waals surface area contributed by atoms with E-state index < -0.39 is 30.2 Å². The fourth-order valence-electron chi connectivity index (χ4n) is 1.26. The number of carbonyl (C=O) groups is 1. The highest BCUT2D eigenvalue weighted by molar-refractivity contribution is 5.74. The highest BCUT2D eigenvalue weighted by Gasteiger charge is 2.34. The summed E-state index contributed by atoms with van der Waals surface area (Å²) in [7, 11) is 0. The van der Waals surface area contributed by atoms with Crippen molar-refractivity contribution in [3.05, 3.63) is 17.5 Å². The molecule has 18 heavy (non-hydrogen) atoms. The fraction of sp³-hybridized carbons (Fsp3) is 0.333. The molecule has 9 heteroatoms. The van der Waals surface area contributed by atoms with Crippen LogP contribution in [-0.4, -0.2) is 22.4 Å². The molecule has 0 aliphatic heterocycles. The third kappa shape index (κ3) is 3.48. The van der Waals surface area contributed by atoms with E-state index in [9.17, 15) is 18.0 Å². The van der Waals surface area contributed by atoms with Gasteiger partial charge in [0.25, 0.3) is 0 Å². The maximum atomic E-state index is 12.2. The van der Waals surface area contributed by atoms with Gasteiger partial charge in [0.1, 0.15) is 0 Å². The summed E-state index contributed by atoms with van der Waals surface area (Å²) in [5.74, 6) is -1.99. The molecular weight excluding hydrogens is 255 g/mol. The largest absolute Gasteiger partial charge is 0.573 e. The van der Waals surface area contributed by atoms with Crippen molar-refractivity contribution in [3.8, 4) is 5.75 Å². The number of nitrogens with zero attached hydrogens (tertiary/aromatic N) is 1. The number of ether oxygens (including phenoxy) is 1. The third-order valence-electron chi connectivity index (χ3n) is 1.98. The van der Waals surface area contributed by atoms with E-state index in [2.05, 4.69) is 9.72 Å². The summed E-state index contributed by atoms with van der Waals surface area (Å²) in [5, 5.41) is 8.57. The van der Waals surface area contributed by atoms with Crippen LogP contribution in [0.5, 0.6) is 5.75 Å². The molecule has 0 saturated heterocycles. The Morgan fingerprint density at radius 3 is 2.56 bits per heavy atom. The molecule has 1 heterocycles. The SMILES string of the molecule is NCc1ncc(CC(=O)O)c(N)c1OC(F)(F)F. The number of carboxylic acids is 1. The van der Waals surface area contributed by atoms with E-state index >= 15 is 0 Å². The van der Waals surface area contributed by atoms with Crippen LogP contribution in [0, 0.1) is 0 Å². The van der Waals surface area contributed by atoms with Crippen LogP contribution < -0.4 is 16.2 Å². The minimum atomic E-state index is -4.96. The summed E-state index contributed by atoms with van der Waals surface area (Å²) in [6.07, 6.45) is -4.45. The normalized spacial score (nSPS) is 11.3. The van der Waals surface area contributed by atoms with Crippen LogP contribution in [0.15, 0.2) is 6.20 Å². The number of aromatic nitrogens is 1. The molecule has 0 spiro atoms.